The van der Waals surface area contributed by atoms with Crippen molar-refractivity contribution in [2.24, 2.45) is 4.99 Å². The van der Waals surface area contributed by atoms with Gasteiger partial charge in [-0.05, 0) is 69.1 Å². The number of aliphatic imine (C=N–C) groups is 1. The molecule has 3 rings (SSSR count). The summed E-state index contributed by atoms with van der Waals surface area (Å²) >= 11 is 7.85. The van der Waals surface area contributed by atoms with Crippen LogP contribution in [0.15, 0.2) is 23.2 Å². The van der Waals surface area contributed by atoms with Gasteiger partial charge in [0.05, 0.1) is 6.54 Å². The molecular formula is C17H26Cl3N3S. The van der Waals surface area contributed by atoms with Gasteiger partial charge in [-0.2, -0.15) is 0 Å². The fourth-order valence-electron chi connectivity index (χ4n) is 3.00. The highest BCUT2D eigenvalue weighted by molar-refractivity contribution is 8.14. The van der Waals surface area contributed by atoms with E-state index < -0.39 is 0 Å². The molecule has 1 N–H and O–H groups in total. The topological polar surface area (TPSA) is 27.6 Å². The van der Waals surface area contributed by atoms with Gasteiger partial charge in [0.15, 0.2) is 5.17 Å². The minimum atomic E-state index is 0. The van der Waals surface area contributed by atoms with Crippen molar-refractivity contribution in [1.82, 2.24) is 4.90 Å². The summed E-state index contributed by atoms with van der Waals surface area (Å²) in [5, 5.41) is 5.24. The Hall–Kier alpha value is -0.130. The van der Waals surface area contributed by atoms with Crippen molar-refractivity contribution in [3.8, 4) is 0 Å². The standard InChI is InChI=1S/C17H24ClN3S.2ClH/c18-15-6-7-16-14(12-15)13-19-17(20-16)22-11-5-4-10-21-8-2-1-3-9-21;;/h6-7,12H,1-5,8-11,13H2,(H,19,20);2*1H. The third-order valence-electron chi connectivity index (χ3n) is 4.26. The third-order valence-corrected chi connectivity index (χ3v) is 5.49. The van der Waals surface area contributed by atoms with Crippen molar-refractivity contribution < 1.29 is 0 Å². The van der Waals surface area contributed by atoms with Crippen LogP contribution in [0.1, 0.15) is 37.7 Å². The summed E-state index contributed by atoms with van der Waals surface area (Å²) in [5.74, 6) is 1.14. The Morgan fingerprint density at radius 3 is 2.71 bits per heavy atom. The summed E-state index contributed by atoms with van der Waals surface area (Å²) in [6.45, 7) is 4.61. The van der Waals surface area contributed by atoms with Crippen LogP contribution in [0.5, 0.6) is 0 Å². The van der Waals surface area contributed by atoms with Crippen LogP contribution in [0, 0.1) is 0 Å². The minimum absolute atomic E-state index is 0. The van der Waals surface area contributed by atoms with Gasteiger partial charge in [-0.3, -0.25) is 4.99 Å². The Kier molecular flexibility index (Phi) is 10.5. The van der Waals surface area contributed by atoms with Gasteiger partial charge in [0.2, 0.25) is 0 Å². The summed E-state index contributed by atoms with van der Waals surface area (Å²) in [6, 6.07) is 5.97. The molecule has 1 fully saturated rings. The third kappa shape index (κ3) is 6.64. The lowest BCUT2D eigenvalue weighted by atomic mass is 10.1. The maximum Gasteiger partial charge on any atom is 0.161 e. The Balaban J connectivity index is 0.00000144. The SMILES string of the molecule is Cl.Cl.Clc1ccc2c(c1)CN=C(SCCCCN1CCCCC1)N2. The lowest BCUT2D eigenvalue weighted by Crippen LogP contribution is -2.30. The molecule has 1 aromatic carbocycles. The number of hydrogen-bond donors (Lipinski definition) is 1. The molecule has 136 valence electrons. The molecule has 0 atom stereocenters. The van der Waals surface area contributed by atoms with Crippen LogP contribution >= 0.6 is 48.2 Å². The van der Waals surface area contributed by atoms with Crippen LogP contribution in [-0.2, 0) is 6.54 Å². The van der Waals surface area contributed by atoms with Crippen molar-refractivity contribution in [2.45, 2.75) is 38.6 Å². The van der Waals surface area contributed by atoms with Crippen molar-refractivity contribution in [1.29, 1.82) is 0 Å². The van der Waals surface area contributed by atoms with E-state index in [4.69, 9.17) is 11.6 Å². The van der Waals surface area contributed by atoms with Crippen molar-refractivity contribution >= 4 is 59.0 Å². The van der Waals surface area contributed by atoms with Gasteiger partial charge < -0.3 is 10.2 Å². The summed E-state index contributed by atoms with van der Waals surface area (Å²) in [4.78, 5) is 7.21. The molecule has 0 radical (unpaired) electrons. The lowest BCUT2D eigenvalue weighted by Gasteiger charge is -2.26. The first-order valence-corrected chi connectivity index (χ1v) is 9.63. The van der Waals surface area contributed by atoms with Gasteiger partial charge in [-0.15, -0.1) is 24.8 Å². The van der Waals surface area contributed by atoms with E-state index in [-0.39, 0.29) is 24.8 Å². The molecule has 0 amide bonds. The predicted molar refractivity (Wildman–Crippen MR) is 113 cm³/mol. The maximum atomic E-state index is 6.01. The van der Waals surface area contributed by atoms with Crippen LogP contribution in [0.3, 0.4) is 0 Å². The molecule has 24 heavy (non-hydrogen) atoms. The molecule has 3 nitrogen and oxygen atoms in total. The molecule has 2 heterocycles. The average Bonchev–Trinajstić information content (AvgIpc) is 2.55. The molecule has 1 aromatic rings. The van der Waals surface area contributed by atoms with Crippen molar-refractivity contribution in [3.05, 3.63) is 28.8 Å². The lowest BCUT2D eigenvalue weighted by molar-refractivity contribution is 0.226. The fourth-order valence-corrected chi connectivity index (χ4v) is 4.07. The molecule has 1 saturated heterocycles. The normalized spacial score (nSPS) is 17.0. The number of piperidine rings is 1. The second-order valence-corrected chi connectivity index (χ2v) is 7.53. The number of amidine groups is 1. The van der Waals surface area contributed by atoms with E-state index >= 15 is 0 Å². The number of hydrogen-bond acceptors (Lipinski definition) is 4. The number of nitrogens with zero attached hydrogens (tertiary/aromatic N) is 2. The molecule has 0 bridgehead atoms. The molecule has 0 aromatic heterocycles. The van der Waals surface area contributed by atoms with Gasteiger partial charge >= 0.3 is 0 Å². The Bertz CT molecular complexity index is 534. The largest absolute Gasteiger partial charge is 0.335 e. The van der Waals surface area contributed by atoms with Crippen LogP contribution in [-0.4, -0.2) is 35.5 Å². The molecule has 2 aliphatic rings. The number of thioether (sulfide) groups is 1. The van der Waals surface area contributed by atoms with Gasteiger partial charge in [-0.1, -0.05) is 29.8 Å². The van der Waals surface area contributed by atoms with Crippen molar-refractivity contribution in [2.75, 3.05) is 30.7 Å². The first-order valence-electron chi connectivity index (χ1n) is 8.26. The molecule has 0 aliphatic carbocycles. The second-order valence-electron chi connectivity index (χ2n) is 6.01. The van der Waals surface area contributed by atoms with E-state index in [1.165, 1.54) is 57.3 Å². The van der Waals surface area contributed by atoms with Gasteiger partial charge in [0.1, 0.15) is 0 Å². The Labute approximate surface area is 166 Å². The van der Waals surface area contributed by atoms with Crippen LogP contribution < -0.4 is 5.32 Å². The highest BCUT2D eigenvalue weighted by Crippen LogP contribution is 2.26. The van der Waals surface area contributed by atoms with Crippen LogP contribution in [0.2, 0.25) is 5.02 Å². The number of likely N-dealkylation sites (tertiary alicyclic amines) is 1. The van der Waals surface area contributed by atoms with Gasteiger partial charge in [0, 0.05) is 16.5 Å². The predicted octanol–water partition coefficient (Wildman–Crippen LogP) is 5.46. The number of unbranched alkanes of at least 4 members (excludes halogenated alkanes) is 1. The molecule has 0 saturated carbocycles. The van der Waals surface area contributed by atoms with Crippen LogP contribution in [0.4, 0.5) is 5.69 Å². The zero-order valence-corrected chi connectivity index (χ0v) is 17.0. The Morgan fingerprint density at radius 2 is 1.92 bits per heavy atom. The zero-order valence-electron chi connectivity index (χ0n) is 13.8. The summed E-state index contributed by atoms with van der Waals surface area (Å²) in [7, 11) is 0. The van der Waals surface area contributed by atoms with Gasteiger partial charge in [-0.25, -0.2) is 0 Å². The number of nitrogens with one attached hydrogen (secondary N) is 1. The number of benzene rings is 1. The zero-order chi connectivity index (χ0) is 15.2. The number of fused-ring (bicyclic) bond motifs is 1. The highest BCUT2D eigenvalue weighted by Gasteiger charge is 2.12. The van der Waals surface area contributed by atoms with E-state index in [1.54, 1.807) is 0 Å². The van der Waals surface area contributed by atoms with E-state index in [0.717, 1.165) is 28.2 Å². The maximum absolute atomic E-state index is 6.01. The van der Waals surface area contributed by atoms with E-state index in [1.807, 2.05) is 30.0 Å². The summed E-state index contributed by atoms with van der Waals surface area (Å²) in [6.07, 6.45) is 6.75. The molecule has 7 heteroatoms. The smallest absolute Gasteiger partial charge is 0.161 e. The summed E-state index contributed by atoms with van der Waals surface area (Å²) < 4.78 is 0. The first kappa shape index (κ1) is 21.9. The number of halogens is 3. The second kappa shape index (κ2) is 11.5. The van der Waals surface area contributed by atoms with E-state index in [2.05, 4.69) is 15.2 Å². The van der Waals surface area contributed by atoms with Gasteiger partial charge in [0.25, 0.3) is 0 Å². The van der Waals surface area contributed by atoms with E-state index in [0.29, 0.717) is 0 Å². The minimum Gasteiger partial charge on any atom is -0.335 e. The van der Waals surface area contributed by atoms with E-state index in [9.17, 15) is 0 Å². The molecule has 2 aliphatic heterocycles. The monoisotopic (exact) mass is 409 g/mol. The molecule has 0 spiro atoms. The average molecular weight is 411 g/mol. The van der Waals surface area contributed by atoms with Crippen LogP contribution in [0.25, 0.3) is 0 Å². The number of anilines is 1. The quantitative estimate of drug-likeness (QED) is 0.653. The highest BCUT2D eigenvalue weighted by atomic mass is 35.5. The number of rotatable bonds is 5. The van der Waals surface area contributed by atoms with Crippen molar-refractivity contribution in [3.63, 3.8) is 0 Å². The fraction of sp³-hybridized carbons (Fsp3) is 0.588. The summed E-state index contributed by atoms with van der Waals surface area (Å²) in [5.41, 5.74) is 2.33. The molecule has 0 unspecified atom stereocenters. The Morgan fingerprint density at radius 1 is 1.12 bits per heavy atom. The molecular weight excluding hydrogens is 385 g/mol. The first-order chi connectivity index (χ1) is 10.8.